The predicted molar refractivity (Wildman–Crippen MR) is 62.7 cm³/mol. The molecule has 0 unspecified atom stereocenters. The molecule has 0 atom stereocenters. The zero-order valence-electron chi connectivity index (χ0n) is 9.47. The standard InChI is InChI=1S/C11H14N4O2/c1-7-2-5-13-6-8(7)14-10(16)11(3-4-11)9(12)15-17/h2,5-6,17H,3-4H2,1H3,(H2,12,15)(H,14,16). The van der Waals surface area contributed by atoms with Crippen LogP contribution in [0.15, 0.2) is 23.6 Å². The normalized spacial score (nSPS) is 17.6. The Labute approximate surface area is 98.5 Å². The van der Waals surface area contributed by atoms with E-state index in [0.717, 1.165) is 5.56 Å². The van der Waals surface area contributed by atoms with Gasteiger partial charge in [0.1, 0.15) is 5.41 Å². The van der Waals surface area contributed by atoms with Crippen molar-refractivity contribution in [2.45, 2.75) is 19.8 Å². The number of carbonyl (C=O) groups is 1. The quantitative estimate of drug-likeness (QED) is 0.312. The Hall–Kier alpha value is -2.11. The van der Waals surface area contributed by atoms with Crippen LogP contribution in [0.1, 0.15) is 18.4 Å². The van der Waals surface area contributed by atoms with Crippen LogP contribution in [0.4, 0.5) is 5.69 Å². The van der Waals surface area contributed by atoms with Gasteiger partial charge in [-0.25, -0.2) is 0 Å². The van der Waals surface area contributed by atoms with E-state index < -0.39 is 5.41 Å². The van der Waals surface area contributed by atoms with Crippen LogP contribution in [0.5, 0.6) is 0 Å². The summed E-state index contributed by atoms with van der Waals surface area (Å²) in [7, 11) is 0. The number of nitrogens with two attached hydrogens (primary N) is 1. The number of nitrogens with one attached hydrogen (secondary N) is 1. The van der Waals surface area contributed by atoms with Gasteiger partial charge in [-0.3, -0.25) is 9.78 Å². The molecule has 0 saturated heterocycles. The number of carbonyl (C=O) groups excluding carboxylic acids is 1. The van der Waals surface area contributed by atoms with Crippen molar-refractivity contribution in [3.8, 4) is 0 Å². The molecule has 0 radical (unpaired) electrons. The van der Waals surface area contributed by atoms with E-state index in [4.69, 9.17) is 10.9 Å². The number of hydrogen-bond donors (Lipinski definition) is 3. The molecule has 1 aromatic rings. The minimum absolute atomic E-state index is 0.0310. The molecule has 17 heavy (non-hydrogen) atoms. The fraction of sp³-hybridized carbons (Fsp3) is 0.364. The van der Waals surface area contributed by atoms with Gasteiger partial charge in [-0.2, -0.15) is 0 Å². The van der Waals surface area contributed by atoms with Gasteiger partial charge in [-0.1, -0.05) is 5.16 Å². The molecule has 1 aliphatic carbocycles. The number of anilines is 1. The first kappa shape index (κ1) is 11.4. The van der Waals surface area contributed by atoms with Crippen molar-refractivity contribution < 1.29 is 10.0 Å². The number of amidine groups is 1. The number of rotatable bonds is 3. The van der Waals surface area contributed by atoms with Crippen LogP contribution in [0.3, 0.4) is 0 Å². The zero-order valence-corrected chi connectivity index (χ0v) is 9.47. The van der Waals surface area contributed by atoms with Crippen LogP contribution in [-0.4, -0.2) is 21.9 Å². The van der Waals surface area contributed by atoms with Crippen LogP contribution in [0.25, 0.3) is 0 Å². The molecule has 0 aromatic carbocycles. The van der Waals surface area contributed by atoms with Gasteiger partial charge < -0.3 is 16.3 Å². The topological polar surface area (TPSA) is 101 Å². The first-order chi connectivity index (χ1) is 8.10. The third-order valence-corrected chi connectivity index (χ3v) is 3.07. The molecule has 1 saturated carbocycles. The van der Waals surface area contributed by atoms with Crippen LogP contribution >= 0.6 is 0 Å². The highest BCUT2D eigenvalue weighted by Crippen LogP contribution is 2.46. The smallest absolute Gasteiger partial charge is 0.238 e. The van der Waals surface area contributed by atoms with E-state index in [2.05, 4.69) is 15.5 Å². The minimum Gasteiger partial charge on any atom is -0.409 e. The lowest BCUT2D eigenvalue weighted by atomic mass is 10.0. The Balaban J connectivity index is 2.16. The highest BCUT2D eigenvalue weighted by atomic mass is 16.4. The molecule has 0 spiro atoms. The molecule has 1 amide bonds. The van der Waals surface area contributed by atoms with Gasteiger partial charge in [0.05, 0.1) is 11.9 Å². The molecule has 1 fully saturated rings. The third kappa shape index (κ3) is 1.93. The summed E-state index contributed by atoms with van der Waals surface area (Å²) in [6.45, 7) is 1.88. The van der Waals surface area contributed by atoms with Crippen molar-refractivity contribution in [1.82, 2.24) is 4.98 Å². The summed E-state index contributed by atoms with van der Waals surface area (Å²) in [5.74, 6) is -0.277. The predicted octanol–water partition coefficient (Wildman–Crippen LogP) is 0.855. The van der Waals surface area contributed by atoms with E-state index in [1.165, 1.54) is 0 Å². The van der Waals surface area contributed by atoms with E-state index >= 15 is 0 Å². The van der Waals surface area contributed by atoms with Crippen LogP contribution in [0, 0.1) is 12.3 Å². The van der Waals surface area contributed by atoms with E-state index in [1.54, 1.807) is 18.5 Å². The Kier molecular flexibility index (Phi) is 2.71. The number of aromatic nitrogens is 1. The highest BCUT2D eigenvalue weighted by Gasteiger charge is 2.54. The van der Waals surface area contributed by atoms with E-state index in [-0.39, 0.29) is 11.7 Å². The zero-order chi connectivity index (χ0) is 12.5. The van der Waals surface area contributed by atoms with E-state index in [0.29, 0.717) is 18.5 Å². The monoisotopic (exact) mass is 234 g/mol. The fourth-order valence-corrected chi connectivity index (χ4v) is 1.66. The molecule has 1 aromatic heterocycles. The number of oxime groups is 1. The first-order valence-corrected chi connectivity index (χ1v) is 5.30. The van der Waals surface area contributed by atoms with Gasteiger partial charge in [0.15, 0.2) is 5.84 Å². The van der Waals surface area contributed by atoms with Crippen molar-refractivity contribution in [1.29, 1.82) is 0 Å². The van der Waals surface area contributed by atoms with Crippen molar-refractivity contribution >= 4 is 17.4 Å². The number of hydrogen-bond acceptors (Lipinski definition) is 4. The molecular formula is C11H14N4O2. The van der Waals surface area contributed by atoms with Crippen LogP contribution in [0.2, 0.25) is 0 Å². The summed E-state index contributed by atoms with van der Waals surface area (Å²) in [5.41, 5.74) is 6.26. The number of amides is 1. The molecule has 2 rings (SSSR count). The molecule has 1 heterocycles. The lowest BCUT2D eigenvalue weighted by Gasteiger charge is -2.14. The SMILES string of the molecule is Cc1ccncc1NC(=O)C1(/C(N)=N/O)CC1. The van der Waals surface area contributed by atoms with Crippen LogP contribution in [-0.2, 0) is 4.79 Å². The van der Waals surface area contributed by atoms with Gasteiger partial charge in [0.2, 0.25) is 5.91 Å². The van der Waals surface area contributed by atoms with Crippen molar-refractivity contribution in [2.24, 2.45) is 16.3 Å². The summed E-state index contributed by atoms with van der Waals surface area (Å²) in [6.07, 6.45) is 4.44. The van der Waals surface area contributed by atoms with Crippen molar-refractivity contribution in [3.05, 3.63) is 24.0 Å². The van der Waals surface area contributed by atoms with Gasteiger partial charge in [-0.05, 0) is 31.4 Å². The van der Waals surface area contributed by atoms with Gasteiger partial charge in [-0.15, -0.1) is 0 Å². The molecule has 90 valence electrons. The fourth-order valence-electron chi connectivity index (χ4n) is 1.66. The number of aryl methyl sites for hydroxylation is 1. The summed E-state index contributed by atoms with van der Waals surface area (Å²) in [4.78, 5) is 16.0. The molecular weight excluding hydrogens is 220 g/mol. The molecule has 4 N–H and O–H groups in total. The average Bonchev–Trinajstić information content (AvgIpc) is 3.12. The van der Waals surface area contributed by atoms with Gasteiger partial charge >= 0.3 is 0 Å². The first-order valence-electron chi connectivity index (χ1n) is 5.30. The summed E-state index contributed by atoms with van der Waals surface area (Å²) >= 11 is 0. The molecule has 0 bridgehead atoms. The number of nitrogens with zero attached hydrogens (tertiary/aromatic N) is 2. The van der Waals surface area contributed by atoms with Crippen LogP contribution < -0.4 is 11.1 Å². The van der Waals surface area contributed by atoms with Gasteiger partial charge in [0.25, 0.3) is 0 Å². The lowest BCUT2D eigenvalue weighted by molar-refractivity contribution is -0.119. The van der Waals surface area contributed by atoms with Gasteiger partial charge in [0, 0.05) is 6.20 Å². The maximum absolute atomic E-state index is 12.0. The average molecular weight is 234 g/mol. The molecule has 6 heteroatoms. The Bertz CT molecular complexity index is 480. The highest BCUT2D eigenvalue weighted by molar-refractivity contribution is 6.14. The summed E-state index contributed by atoms with van der Waals surface area (Å²) in [6, 6.07) is 1.80. The third-order valence-electron chi connectivity index (χ3n) is 3.07. The molecule has 0 aliphatic heterocycles. The second kappa shape index (κ2) is 4.04. The second-order valence-electron chi connectivity index (χ2n) is 4.21. The Morgan fingerprint density at radius 3 is 2.88 bits per heavy atom. The Morgan fingerprint density at radius 2 is 2.35 bits per heavy atom. The maximum atomic E-state index is 12.0. The largest absolute Gasteiger partial charge is 0.409 e. The van der Waals surface area contributed by atoms with E-state index in [9.17, 15) is 4.79 Å². The van der Waals surface area contributed by atoms with Crippen molar-refractivity contribution in [3.63, 3.8) is 0 Å². The molecule has 1 aliphatic rings. The lowest BCUT2D eigenvalue weighted by Crippen LogP contribution is -2.36. The second-order valence-corrected chi connectivity index (χ2v) is 4.21. The number of pyridine rings is 1. The minimum atomic E-state index is -0.836. The molecule has 6 nitrogen and oxygen atoms in total. The Morgan fingerprint density at radius 1 is 1.65 bits per heavy atom. The van der Waals surface area contributed by atoms with E-state index in [1.807, 2.05) is 6.92 Å². The summed E-state index contributed by atoms with van der Waals surface area (Å²) in [5, 5.41) is 14.3. The van der Waals surface area contributed by atoms with Crippen molar-refractivity contribution in [2.75, 3.05) is 5.32 Å². The maximum Gasteiger partial charge on any atom is 0.238 e. The summed E-state index contributed by atoms with van der Waals surface area (Å²) < 4.78 is 0.